The van der Waals surface area contributed by atoms with Crippen LogP contribution in [-0.2, 0) is 4.79 Å². The van der Waals surface area contributed by atoms with Crippen LogP contribution in [0, 0.1) is 13.8 Å². The third-order valence-electron chi connectivity index (χ3n) is 4.06. The molecule has 0 spiro atoms. The van der Waals surface area contributed by atoms with Gasteiger partial charge in [-0.3, -0.25) is 4.79 Å². The lowest BCUT2D eigenvalue weighted by Crippen LogP contribution is -2.20. The molecule has 0 bridgehead atoms. The number of hydrogen-bond acceptors (Lipinski definition) is 2. The molecule has 4 heteroatoms. The van der Waals surface area contributed by atoms with Gasteiger partial charge in [-0.1, -0.05) is 35.9 Å². The van der Waals surface area contributed by atoms with Gasteiger partial charge in [-0.05, 0) is 43.2 Å². The lowest BCUT2D eigenvalue weighted by atomic mass is 10.0. The van der Waals surface area contributed by atoms with E-state index in [2.05, 4.69) is 40.0 Å². The monoisotopic (exact) mass is 319 g/mol. The number of nitrogens with one attached hydrogen (secondary N) is 1. The summed E-state index contributed by atoms with van der Waals surface area (Å²) in [6.45, 7) is 4.00. The van der Waals surface area contributed by atoms with Gasteiger partial charge in [0.1, 0.15) is 5.82 Å². The van der Waals surface area contributed by atoms with E-state index in [1.807, 2.05) is 49.6 Å². The van der Waals surface area contributed by atoms with E-state index < -0.39 is 0 Å². The van der Waals surface area contributed by atoms with E-state index in [0.717, 1.165) is 11.1 Å². The number of carbonyl (C=O) groups is 1. The Balaban J connectivity index is 1.82. The van der Waals surface area contributed by atoms with E-state index >= 15 is 0 Å². The van der Waals surface area contributed by atoms with Crippen LogP contribution in [0.3, 0.4) is 0 Å². The Morgan fingerprint density at radius 2 is 1.92 bits per heavy atom. The van der Waals surface area contributed by atoms with Gasteiger partial charge in [-0.2, -0.15) is 0 Å². The molecule has 2 heterocycles. The van der Waals surface area contributed by atoms with Crippen molar-refractivity contribution in [3.8, 4) is 0 Å². The van der Waals surface area contributed by atoms with Crippen molar-refractivity contribution in [2.75, 3.05) is 5.32 Å². The second-order valence-electron chi connectivity index (χ2n) is 5.98. The minimum Gasteiger partial charge on any atom is -0.346 e. The molecule has 1 N–H and O–H groups in total. The highest BCUT2D eigenvalue weighted by atomic mass is 16.1. The van der Waals surface area contributed by atoms with E-state index in [9.17, 15) is 4.79 Å². The molecule has 0 saturated carbocycles. The van der Waals surface area contributed by atoms with Crippen LogP contribution < -0.4 is 5.32 Å². The zero-order chi connectivity index (χ0) is 16.9. The maximum atomic E-state index is 12.6. The molecule has 0 saturated heterocycles. The summed E-state index contributed by atoms with van der Waals surface area (Å²) in [5.41, 5.74) is 3.27. The summed E-state index contributed by atoms with van der Waals surface area (Å²) in [4.78, 5) is 16.8. The molecule has 4 nitrogen and oxygen atoms in total. The molecule has 0 aliphatic rings. The van der Waals surface area contributed by atoms with Crippen LogP contribution >= 0.6 is 0 Å². The third kappa shape index (κ3) is 3.71. The Bertz CT molecular complexity index is 824. The number of hydrogen-bond donors (Lipinski definition) is 1. The number of aryl methyl sites for hydroxylation is 2. The molecule has 122 valence electrons. The number of rotatable bonds is 5. The van der Waals surface area contributed by atoms with Crippen LogP contribution in [0.1, 0.15) is 29.2 Å². The first-order valence-corrected chi connectivity index (χ1v) is 8.04. The van der Waals surface area contributed by atoms with Crippen LogP contribution in [0.2, 0.25) is 0 Å². The summed E-state index contributed by atoms with van der Waals surface area (Å²) in [7, 11) is 0. The van der Waals surface area contributed by atoms with Gasteiger partial charge in [0.05, 0.1) is 12.5 Å². The van der Waals surface area contributed by atoms with Gasteiger partial charge in [0.15, 0.2) is 0 Å². The lowest BCUT2D eigenvalue weighted by molar-refractivity contribution is -0.116. The predicted molar refractivity (Wildman–Crippen MR) is 96.0 cm³/mol. The van der Waals surface area contributed by atoms with Crippen molar-refractivity contribution in [2.24, 2.45) is 0 Å². The number of benzene rings is 1. The molecule has 0 radical (unpaired) electrons. The highest BCUT2D eigenvalue weighted by Gasteiger charge is 2.18. The molecule has 3 rings (SSSR count). The minimum atomic E-state index is -0.0444. The SMILES string of the molecule is Cc1cccc([C@@H](CC(=O)Nc2ncccc2C)n2cccc2)c1. The summed E-state index contributed by atoms with van der Waals surface area (Å²) < 4.78 is 2.07. The zero-order valence-electron chi connectivity index (χ0n) is 13.9. The summed E-state index contributed by atoms with van der Waals surface area (Å²) in [5.74, 6) is 0.579. The molecule has 2 aromatic heterocycles. The Hall–Kier alpha value is -2.88. The van der Waals surface area contributed by atoms with Gasteiger partial charge < -0.3 is 9.88 Å². The first-order chi connectivity index (χ1) is 11.6. The van der Waals surface area contributed by atoms with Crippen LogP contribution in [-0.4, -0.2) is 15.5 Å². The van der Waals surface area contributed by atoms with Crippen molar-refractivity contribution < 1.29 is 4.79 Å². The molecule has 1 aromatic carbocycles. The van der Waals surface area contributed by atoms with E-state index in [1.165, 1.54) is 5.56 Å². The number of amides is 1. The summed E-state index contributed by atoms with van der Waals surface area (Å²) in [6.07, 6.45) is 6.03. The van der Waals surface area contributed by atoms with Gasteiger partial charge in [0.25, 0.3) is 0 Å². The molecular weight excluding hydrogens is 298 g/mol. The molecule has 1 amide bonds. The molecule has 0 fully saturated rings. The molecule has 0 aliphatic carbocycles. The van der Waals surface area contributed by atoms with Crippen LogP contribution in [0.5, 0.6) is 0 Å². The standard InChI is InChI=1S/C20H21N3O/c1-15-7-5-9-17(13-15)18(23-11-3-4-12-23)14-19(24)22-20-16(2)8-6-10-21-20/h3-13,18H,14H2,1-2H3,(H,21,22,24)/t18-/m1/s1. The number of anilines is 1. The highest BCUT2D eigenvalue weighted by Crippen LogP contribution is 2.24. The summed E-state index contributed by atoms with van der Waals surface area (Å²) in [6, 6.07) is 16.0. The number of carbonyl (C=O) groups excluding carboxylic acids is 1. The summed E-state index contributed by atoms with van der Waals surface area (Å²) >= 11 is 0. The molecule has 0 aliphatic heterocycles. The highest BCUT2D eigenvalue weighted by molar-refractivity contribution is 5.90. The molecule has 0 unspecified atom stereocenters. The van der Waals surface area contributed by atoms with Crippen molar-refractivity contribution >= 4 is 11.7 Å². The number of nitrogens with zero attached hydrogens (tertiary/aromatic N) is 2. The number of aromatic nitrogens is 2. The van der Waals surface area contributed by atoms with Gasteiger partial charge >= 0.3 is 0 Å². The fourth-order valence-electron chi connectivity index (χ4n) is 2.80. The van der Waals surface area contributed by atoms with E-state index in [0.29, 0.717) is 12.2 Å². The Morgan fingerprint density at radius 3 is 2.62 bits per heavy atom. The Kier molecular flexibility index (Phi) is 4.75. The maximum Gasteiger partial charge on any atom is 0.227 e. The smallest absolute Gasteiger partial charge is 0.227 e. The largest absolute Gasteiger partial charge is 0.346 e. The maximum absolute atomic E-state index is 12.6. The lowest BCUT2D eigenvalue weighted by Gasteiger charge is -2.20. The zero-order valence-corrected chi connectivity index (χ0v) is 13.9. The third-order valence-corrected chi connectivity index (χ3v) is 4.06. The van der Waals surface area contributed by atoms with Crippen molar-refractivity contribution in [3.05, 3.63) is 83.8 Å². The molecule has 3 aromatic rings. The molecular formula is C20H21N3O. The number of pyridine rings is 1. The quantitative estimate of drug-likeness (QED) is 0.769. The predicted octanol–water partition coefficient (Wildman–Crippen LogP) is 4.12. The second-order valence-corrected chi connectivity index (χ2v) is 5.98. The fraction of sp³-hybridized carbons (Fsp3) is 0.200. The van der Waals surface area contributed by atoms with Gasteiger partial charge in [0.2, 0.25) is 5.91 Å². The Labute approximate surface area is 142 Å². The second kappa shape index (κ2) is 7.13. The van der Waals surface area contributed by atoms with E-state index in [1.54, 1.807) is 6.20 Å². The van der Waals surface area contributed by atoms with E-state index in [-0.39, 0.29) is 11.9 Å². The van der Waals surface area contributed by atoms with Crippen LogP contribution in [0.15, 0.2) is 67.1 Å². The molecule has 24 heavy (non-hydrogen) atoms. The first kappa shape index (κ1) is 16.0. The fourth-order valence-corrected chi connectivity index (χ4v) is 2.80. The topological polar surface area (TPSA) is 46.9 Å². The van der Waals surface area contributed by atoms with Crippen molar-refractivity contribution in [1.82, 2.24) is 9.55 Å². The average molecular weight is 319 g/mol. The first-order valence-electron chi connectivity index (χ1n) is 8.04. The van der Waals surface area contributed by atoms with Crippen LogP contribution in [0.25, 0.3) is 0 Å². The van der Waals surface area contributed by atoms with Gasteiger partial charge in [-0.25, -0.2) is 4.98 Å². The Morgan fingerprint density at radius 1 is 1.12 bits per heavy atom. The average Bonchev–Trinajstić information content (AvgIpc) is 3.09. The van der Waals surface area contributed by atoms with E-state index in [4.69, 9.17) is 0 Å². The normalized spacial score (nSPS) is 11.9. The van der Waals surface area contributed by atoms with Crippen molar-refractivity contribution in [2.45, 2.75) is 26.3 Å². The minimum absolute atomic E-state index is 0.0380. The molecule has 1 atom stereocenters. The van der Waals surface area contributed by atoms with Crippen LogP contribution in [0.4, 0.5) is 5.82 Å². The summed E-state index contributed by atoms with van der Waals surface area (Å²) in [5, 5.41) is 2.92. The van der Waals surface area contributed by atoms with Crippen molar-refractivity contribution in [3.63, 3.8) is 0 Å². The van der Waals surface area contributed by atoms with Gasteiger partial charge in [-0.15, -0.1) is 0 Å². The van der Waals surface area contributed by atoms with Gasteiger partial charge in [0, 0.05) is 18.6 Å². The van der Waals surface area contributed by atoms with Crippen molar-refractivity contribution in [1.29, 1.82) is 0 Å².